The monoisotopic (exact) mass is 231 g/mol. The molecule has 0 aliphatic rings. The quantitative estimate of drug-likeness (QED) is 0.593. The smallest absolute Gasteiger partial charge is 0.197 e. The Labute approximate surface area is 98.3 Å². The van der Waals surface area contributed by atoms with E-state index >= 15 is 0 Å². The zero-order valence-electron chi connectivity index (χ0n) is 8.44. The number of aromatic nitrogens is 1. The van der Waals surface area contributed by atoms with Gasteiger partial charge in [0.25, 0.3) is 0 Å². The van der Waals surface area contributed by atoms with E-state index in [0.29, 0.717) is 0 Å². The second kappa shape index (κ2) is 3.99. The minimum Gasteiger partial charge on any atom is -0.354 e. The third-order valence-electron chi connectivity index (χ3n) is 2.61. The van der Waals surface area contributed by atoms with Crippen LogP contribution in [0.25, 0.3) is 21.8 Å². The number of nitrogens with one attached hydrogen (secondary N) is 1. The van der Waals surface area contributed by atoms with Gasteiger partial charge in [0.1, 0.15) is 0 Å². The van der Waals surface area contributed by atoms with E-state index in [4.69, 9.17) is 0 Å². The van der Waals surface area contributed by atoms with E-state index in [1.807, 2.05) is 48.5 Å². The number of H-pyrrole nitrogens is 1. The molecule has 0 amide bonds. The summed E-state index contributed by atoms with van der Waals surface area (Å²) in [6.07, 6.45) is 0. The molecule has 3 aromatic rings. The highest BCUT2D eigenvalue weighted by Gasteiger charge is 2.02. The Hall–Kier alpha value is -1.80. The molecule has 80 valence electrons. The van der Waals surface area contributed by atoms with Crippen LogP contribution in [0.15, 0.2) is 53.3 Å². The van der Waals surface area contributed by atoms with E-state index in [-0.39, 0.29) is 17.8 Å². The molecule has 1 aromatic heterocycles. The van der Waals surface area contributed by atoms with Gasteiger partial charge < -0.3 is 4.98 Å². The molecule has 16 heavy (non-hydrogen) atoms. The zero-order chi connectivity index (χ0) is 10.3. The first-order valence-electron chi connectivity index (χ1n) is 4.86. The number of aromatic amines is 1. The summed E-state index contributed by atoms with van der Waals surface area (Å²) in [6.45, 7) is 0. The lowest BCUT2D eigenvalue weighted by molar-refractivity contribution is 1.48. The van der Waals surface area contributed by atoms with Gasteiger partial charge in [-0.2, -0.15) is 0 Å². The number of hydrogen-bond donors (Lipinski definition) is 1. The van der Waals surface area contributed by atoms with E-state index in [2.05, 4.69) is 4.98 Å². The van der Waals surface area contributed by atoms with E-state index in [1.165, 1.54) is 0 Å². The van der Waals surface area contributed by atoms with Crippen LogP contribution >= 0.6 is 12.4 Å². The predicted octanol–water partition coefficient (Wildman–Crippen LogP) is 3.10. The molecule has 0 aliphatic heterocycles. The third-order valence-corrected chi connectivity index (χ3v) is 2.61. The largest absolute Gasteiger partial charge is 0.354 e. The number of para-hydroxylation sites is 2. The molecule has 0 atom stereocenters. The highest BCUT2D eigenvalue weighted by atomic mass is 35.5. The summed E-state index contributed by atoms with van der Waals surface area (Å²) in [5, 5.41) is 1.49. The van der Waals surface area contributed by atoms with Crippen LogP contribution in [-0.4, -0.2) is 4.98 Å². The van der Waals surface area contributed by atoms with Crippen molar-refractivity contribution in [1.29, 1.82) is 0 Å². The lowest BCUT2D eigenvalue weighted by Crippen LogP contribution is -2.03. The molecule has 3 rings (SSSR count). The van der Waals surface area contributed by atoms with Crippen molar-refractivity contribution in [1.82, 2.24) is 4.98 Å². The van der Waals surface area contributed by atoms with Crippen LogP contribution in [0, 0.1) is 0 Å². The van der Waals surface area contributed by atoms with Crippen molar-refractivity contribution < 1.29 is 0 Å². The topological polar surface area (TPSA) is 32.9 Å². The highest BCUT2D eigenvalue weighted by Crippen LogP contribution is 2.13. The van der Waals surface area contributed by atoms with Crippen LogP contribution in [0.5, 0.6) is 0 Å². The molecule has 0 radical (unpaired) electrons. The second-order valence-electron chi connectivity index (χ2n) is 3.55. The SMILES string of the molecule is Cl.O=c1c2ccccc2[nH]c2ccccc12. The Morgan fingerprint density at radius 2 is 1.19 bits per heavy atom. The molecular weight excluding hydrogens is 222 g/mol. The normalized spacial score (nSPS) is 10.2. The first-order valence-corrected chi connectivity index (χ1v) is 4.86. The van der Waals surface area contributed by atoms with Crippen LogP contribution < -0.4 is 5.43 Å². The second-order valence-corrected chi connectivity index (χ2v) is 3.55. The molecule has 0 saturated heterocycles. The van der Waals surface area contributed by atoms with Gasteiger partial charge >= 0.3 is 0 Å². The molecule has 0 bridgehead atoms. The standard InChI is InChI=1S/C13H9NO.ClH/c15-13-9-5-1-3-7-11(9)14-12-8-4-2-6-10(12)13;/h1-8H,(H,14,15);1H. The van der Waals surface area contributed by atoms with Gasteiger partial charge in [-0.3, -0.25) is 4.79 Å². The Balaban J connectivity index is 0.000000963. The minimum atomic E-state index is 0. The van der Waals surface area contributed by atoms with E-state index < -0.39 is 0 Å². The fourth-order valence-electron chi connectivity index (χ4n) is 1.87. The molecule has 0 fully saturated rings. The molecule has 3 heteroatoms. The molecule has 0 saturated carbocycles. The Bertz CT molecular complexity index is 646. The van der Waals surface area contributed by atoms with E-state index in [1.54, 1.807) is 0 Å². The van der Waals surface area contributed by atoms with Crippen LogP contribution in [0.3, 0.4) is 0 Å². The van der Waals surface area contributed by atoms with Crippen molar-refractivity contribution in [2.75, 3.05) is 0 Å². The van der Waals surface area contributed by atoms with Crippen LogP contribution in [-0.2, 0) is 0 Å². The van der Waals surface area contributed by atoms with Gasteiger partial charge in [-0.25, -0.2) is 0 Å². The van der Waals surface area contributed by atoms with Gasteiger partial charge in [-0.15, -0.1) is 12.4 Å². The minimum absolute atomic E-state index is 0. The zero-order valence-corrected chi connectivity index (χ0v) is 9.25. The number of pyridine rings is 1. The van der Waals surface area contributed by atoms with Crippen LogP contribution in [0.1, 0.15) is 0 Å². The lowest BCUT2D eigenvalue weighted by atomic mass is 10.1. The Morgan fingerprint density at radius 3 is 1.69 bits per heavy atom. The van der Waals surface area contributed by atoms with Crippen LogP contribution in [0.2, 0.25) is 0 Å². The number of rotatable bonds is 0. The molecule has 1 heterocycles. The number of fused-ring (bicyclic) bond motifs is 2. The van der Waals surface area contributed by atoms with Crippen molar-refractivity contribution >= 4 is 34.2 Å². The molecule has 0 unspecified atom stereocenters. The van der Waals surface area contributed by atoms with Gasteiger partial charge in [0.15, 0.2) is 5.43 Å². The van der Waals surface area contributed by atoms with Crippen LogP contribution in [0.4, 0.5) is 0 Å². The molecule has 2 aromatic carbocycles. The fraction of sp³-hybridized carbons (Fsp3) is 0. The van der Waals surface area contributed by atoms with Gasteiger partial charge in [0.2, 0.25) is 0 Å². The predicted molar refractivity (Wildman–Crippen MR) is 69.3 cm³/mol. The maximum Gasteiger partial charge on any atom is 0.197 e. The first kappa shape index (κ1) is 10.7. The summed E-state index contributed by atoms with van der Waals surface area (Å²) < 4.78 is 0. The summed E-state index contributed by atoms with van der Waals surface area (Å²) in [7, 11) is 0. The van der Waals surface area contributed by atoms with Crippen molar-refractivity contribution in [3.05, 3.63) is 58.8 Å². The van der Waals surface area contributed by atoms with Gasteiger partial charge in [0.05, 0.1) is 0 Å². The van der Waals surface area contributed by atoms with Crippen molar-refractivity contribution in [2.45, 2.75) is 0 Å². The van der Waals surface area contributed by atoms with Crippen molar-refractivity contribution in [3.8, 4) is 0 Å². The average molecular weight is 232 g/mol. The molecule has 0 spiro atoms. The maximum atomic E-state index is 12.1. The van der Waals surface area contributed by atoms with Gasteiger partial charge in [0, 0.05) is 21.8 Å². The molecular formula is C13H10ClNO. The maximum absolute atomic E-state index is 12.1. The summed E-state index contributed by atoms with van der Waals surface area (Å²) >= 11 is 0. The Morgan fingerprint density at radius 1 is 0.750 bits per heavy atom. The number of halogens is 1. The number of benzene rings is 2. The average Bonchev–Trinajstić information content (AvgIpc) is 2.30. The summed E-state index contributed by atoms with van der Waals surface area (Å²) in [4.78, 5) is 15.3. The highest BCUT2D eigenvalue weighted by molar-refractivity contribution is 5.92. The molecule has 1 N–H and O–H groups in total. The summed E-state index contributed by atoms with van der Waals surface area (Å²) in [6, 6.07) is 15.1. The summed E-state index contributed by atoms with van der Waals surface area (Å²) in [5.41, 5.74) is 1.88. The van der Waals surface area contributed by atoms with E-state index in [9.17, 15) is 4.79 Å². The number of hydrogen-bond acceptors (Lipinski definition) is 1. The van der Waals surface area contributed by atoms with Gasteiger partial charge in [-0.05, 0) is 24.3 Å². The lowest BCUT2D eigenvalue weighted by Gasteiger charge is -2.01. The van der Waals surface area contributed by atoms with E-state index in [0.717, 1.165) is 21.8 Å². The summed E-state index contributed by atoms with van der Waals surface area (Å²) in [5.74, 6) is 0. The molecule has 0 aliphatic carbocycles. The van der Waals surface area contributed by atoms with Crippen molar-refractivity contribution in [3.63, 3.8) is 0 Å². The molecule has 2 nitrogen and oxygen atoms in total. The van der Waals surface area contributed by atoms with Gasteiger partial charge in [-0.1, -0.05) is 24.3 Å². The first-order chi connectivity index (χ1) is 7.36. The fourth-order valence-corrected chi connectivity index (χ4v) is 1.87. The van der Waals surface area contributed by atoms with Crippen molar-refractivity contribution in [2.24, 2.45) is 0 Å². The third kappa shape index (κ3) is 1.48. The Kier molecular flexibility index (Phi) is 2.67.